The van der Waals surface area contributed by atoms with Crippen molar-refractivity contribution in [2.45, 2.75) is 26.3 Å². The van der Waals surface area contributed by atoms with E-state index in [0.717, 1.165) is 0 Å². The largest absolute Gasteiger partial charge is 0.319 e. The van der Waals surface area contributed by atoms with E-state index in [1.165, 1.54) is 10.7 Å². The molecule has 0 saturated heterocycles. The minimum atomic E-state index is -1.70. The van der Waals surface area contributed by atoms with Crippen LogP contribution in [0.5, 0.6) is 0 Å². The molecule has 0 spiro atoms. The van der Waals surface area contributed by atoms with E-state index in [1.807, 2.05) is 5.32 Å². The summed E-state index contributed by atoms with van der Waals surface area (Å²) in [5, 5.41) is 2.56. The average Bonchev–Trinajstić information content (AvgIpc) is 3.05. The summed E-state index contributed by atoms with van der Waals surface area (Å²) in [7, 11) is 0. The minimum absolute atomic E-state index is 0.0655. The zero-order chi connectivity index (χ0) is 22.4. The number of nitrogens with one attached hydrogen (secondary N) is 1. The van der Waals surface area contributed by atoms with E-state index in [4.69, 9.17) is 0 Å². The molecule has 160 valence electrons. The van der Waals surface area contributed by atoms with Gasteiger partial charge < -0.3 is 5.32 Å². The molecule has 2 aromatic heterocycles. The Morgan fingerprint density at radius 3 is 2.39 bits per heavy atom. The van der Waals surface area contributed by atoms with E-state index < -0.39 is 46.5 Å². The van der Waals surface area contributed by atoms with Crippen molar-refractivity contribution in [1.82, 2.24) is 14.2 Å². The average molecular weight is 432 g/mol. The maximum atomic E-state index is 14.1. The molecule has 4 aromatic rings. The lowest BCUT2D eigenvalue weighted by Crippen LogP contribution is -2.30. The molecule has 0 aliphatic rings. The number of carbonyl (C=O) groups excluding carboxylic acids is 1. The summed E-state index contributed by atoms with van der Waals surface area (Å²) in [6, 6.07) is 7.19. The zero-order valence-electron chi connectivity index (χ0n) is 16.4. The SMILES string of the molecule is CC[C@H](C(=O)Nc1c(F)c(F)cc(F)c1F)n1c2ccccc2c2nc(=O)cc(C)n21. The van der Waals surface area contributed by atoms with Gasteiger partial charge in [-0.25, -0.2) is 22.1 Å². The van der Waals surface area contributed by atoms with Crippen LogP contribution in [0.25, 0.3) is 16.6 Å². The zero-order valence-corrected chi connectivity index (χ0v) is 16.4. The molecule has 0 fully saturated rings. The number of hydrogen-bond acceptors (Lipinski definition) is 3. The third kappa shape index (κ3) is 3.24. The van der Waals surface area contributed by atoms with E-state index in [-0.39, 0.29) is 12.5 Å². The summed E-state index contributed by atoms with van der Waals surface area (Å²) in [6.45, 7) is 3.31. The number of aryl methyl sites for hydroxylation is 1. The van der Waals surface area contributed by atoms with Gasteiger partial charge in [0.25, 0.3) is 5.56 Å². The molecule has 0 aliphatic carbocycles. The molecule has 2 aromatic carbocycles. The van der Waals surface area contributed by atoms with Gasteiger partial charge in [0.05, 0.1) is 5.52 Å². The highest BCUT2D eigenvalue weighted by Crippen LogP contribution is 2.29. The Kier molecular flexibility index (Phi) is 5.00. The fourth-order valence-corrected chi connectivity index (χ4v) is 3.67. The van der Waals surface area contributed by atoms with Crippen molar-refractivity contribution in [3.05, 3.63) is 75.7 Å². The first-order valence-electron chi connectivity index (χ1n) is 9.38. The van der Waals surface area contributed by atoms with Crippen LogP contribution in [0, 0.1) is 30.2 Å². The molecular weight excluding hydrogens is 416 g/mol. The fraction of sp³-hybridized carbons (Fsp3) is 0.190. The van der Waals surface area contributed by atoms with Crippen molar-refractivity contribution < 1.29 is 22.4 Å². The number of aromatic nitrogens is 3. The van der Waals surface area contributed by atoms with Crippen LogP contribution in [0.3, 0.4) is 0 Å². The monoisotopic (exact) mass is 432 g/mol. The lowest BCUT2D eigenvalue weighted by atomic mass is 10.1. The number of amides is 1. The third-order valence-electron chi connectivity index (χ3n) is 5.03. The van der Waals surface area contributed by atoms with Crippen LogP contribution in [-0.2, 0) is 4.79 Å². The van der Waals surface area contributed by atoms with Crippen LogP contribution in [0.4, 0.5) is 23.2 Å². The Bertz CT molecular complexity index is 1380. The number of anilines is 1. The summed E-state index contributed by atoms with van der Waals surface area (Å²) < 4.78 is 58.3. The Morgan fingerprint density at radius 1 is 1.10 bits per heavy atom. The second kappa shape index (κ2) is 7.53. The predicted octanol–water partition coefficient (Wildman–Crippen LogP) is 4.10. The van der Waals surface area contributed by atoms with E-state index in [9.17, 15) is 27.2 Å². The van der Waals surface area contributed by atoms with Crippen molar-refractivity contribution >= 4 is 28.1 Å². The Labute approximate surface area is 172 Å². The lowest BCUT2D eigenvalue weighted by molar-refractivity contribution is -0.119. The van der Waals surface area contributed by atoms with Gasteiger partial charge in [0.15, 0.2) is 28.9 Å². The van der Waals surface area contributed by atoms with Gasteiger partial charge >= 0.3 is 0 Å². The van der Waals surface area contributed by atoms with Crippen molar-refractivity contribution in [2.75, 3.05) is 5.32 Å². The minimum Gasteiger partial charge on any atom is -0.319 e. The third-order valence-corrected chi connectivity index (χ3v) is 5.03. The standard InChI is InChI=1S/C21H16F4N4O2/c1-3-14(21(31)27-19-17(24)12(22)9-13(23)18(19)25)29-15-7-5-4-6-11(15)20-26-16(30)8-10(2)28(20)29/h4-9,14H,3H2,1-2H3,(H,27,31)/t14-/m1/s1. The molecule has 1 amide bonds. The number of fused-ring (bicyclic) bond motifs is 3. The van der Waals surface area contributed by atoms with Gasteiger partial charge in [-0.15, -0.1) is 0 Å². The molecule has 31 heavy (non-hydrogen) atoms. The second-order valence-corrected chi connectivity index (χ2v) is 6.99. The summed E-state index contributed by atoms with van der Waals surface area (Å²) in [5.41, 5.74) is -0.342. The van der Waals surface area contributed by atoms with Gasteiger partial charge in [-0.1, -0.05) is 19.1 Å². The maximum Gasteiger partial charge on any atom is 0.273 e. The summed E-state index contributed by atoms with van der Waals surface area (Å²) in [5.74, 6) is -7.56. The maximum absolute atomic E-state index is 14.1. The van der Waals surface area contributed by atoms with Gasteiger partial charge in [-0.3, -0.25) is 14.3 Å². The van der Waals surface area contributed by atoms with E-state index in [2.05, 4.69) is 4.98 Å². The van der Waals surface area contributed by atoms with Crippen LogP contribution in [-0.4, -0.2) is 20.1 Å². The predicted molar refractivity (Wildman–Crippen MR) is 106 cm³/mol. The molecule has 0 saturated carbocycles. The Hall–Kier alpha value is -3.69. The number of nitrogens with zero attached hydrogens (tertiary/aromatic N) is 3. The quantitative estimate of drug-likeness (QED) is 0.390. The number of halogens is 4. The molecule has 1 atom stereocenters. The molecule has 6 nitrogen and oxygen atoms in total. The first-order chi connectivity index (χ1) is 14.7. The molecule has 10 heteroatoms. The molecule has 1 N–H and O–H groups in total. The molecule has 0 aliphatic heterocycles. The van der Waals surface area contributed by atoms with Crippen molar-refractivity contribution in [3.63, 3.8) is 0 Å². The van der Waals surface area contributed by atoms with Gasteiger partial charge in [0.1, 0.15) is 11.7 Å². The molecule has 4 rings (SSSR count). The van der Waals surface area contributed by atoms with Crippen LogP contribution >= 0.6 is 0 Å². The van der Waals surface area contributed by atoms with Crippen molar-refractivity contribution in [2.24, 2.45) is 0 Å². The van der Waals surface area contributed by atoms with Crippen molar-refractivity contribution in [1.29, 1.82) is 0 Å². The number of rotatable bonds is 4. The van der Waals surface area contributed by atoms with Crippen LogP contribution in [0.15, 0.2) is 41.2 Å². The molecule has 0 radical (unpaired) electrons. The Balaban J connectivity index is 1.91. The molecule has 0 bridgehead atoms. The van der Waals surface area contributed by atoms with Gasteiger partial charge in [-0.2, -0.15) is 4.98 Å². The smallest absolute Gasteiger partial charge is 0.273 e. The summed E-state index contributed by atoms with van der Waals surface area (Å²) in [6.07, 6.45) is 0.159. The van der Waals surface area contributed by atoms with Crippen LogP contribution in [0.1, 0.15) is 25.1 Å². The highest BCUT2D eigenvalue weighted by atomic mass is 19.2. The number of benzene rings is 2. The summed E-state index contributed by atoms with van der Waals surface area (Å²) in [4.78, 5) is 29.0. The van der Waals surface area contributed by atoms with Gasteiger partial charge in [-0.05, 0) is 25.5 Å². The van der Waals surface area contributed by atoms with Crippen molar-refractivity contribution in [3.8, 4) is 0 Å². The number of para-hydroxylation sites is 1. The first kappa shape index (κ1) is 20.6. The highest BCUT2D eigenvalue weighted by Gasteiger charge is 2.28. The fourth-order valence-electron chi connectivity index (χ4n) is 3.67. The van der Waals surface area contributed by atoms with E-state index in [1.54, 1.807) is 42.6 Å². The lowest BCUT2D eigenvalue weighted by Gasteiger charge is -2.21. The van der Waals surface area contributed by atoms with E-state index in [0.29, 0.717) is 22.2 Å². The molecule has 0 unspecified atom stereocenters. The summed E-state index contributed by atoms with van der Waals surface area (Å²) >= 11 is 0. The highest BCUT2D eigenvalue weighted by molar-refractivity contribution is 5.97. The second-order valence-electron chi connectivity index (χ2n) is 6.99. The van der Waals surface area contributed by atoms with Gasteiger partial charge in [0.2, 0.25) is 5.91 Å². The number of hydrogen-bond donors (Lipinski definition) is 1. The first-order valence-corrected chi connectivity index (χ1v) is 9.38. The van der Waals surface area contributed by atoms with Crippen LogP contribution in [0.2, 0.25) is 0 Å². The Morgan fingerprint density at radius 2 is 1.74 bits per heavy atom. The van der Waals surface area contributed by atoms with E-state index >= 15 is 0 Å². The number of carbonyl (C=O) groups is 1. The van der Waals surface area contributed by atoms with Gasteiger partial charge in [0, 0.05) is 23.2 Å². The topological polar surface area (TPSA) is 68.4 Å². The normalized spacial score (nSPS) is 12.5. The molecule has 2 heterocycles. The van der Waals surface area contributed by atoms with Crippen LogP contribution < -0.4 is 10.9 Å². The molecular formula is C21H16F4N4O2.